The molecule has 0 amide bonds. The van der Waals surface area contributed by atoms with Gasteiger partial charge in [0.05, 0.1) is 20.6 Å². The van der Waals surface area contributed by atoms with E-state index in [0.29, 0.717) is 5.71 Å². The first-order chi connectivity index (χ1) is 22.9. The number of halogens is 1. The maximum Gasteiger partial charge on any atom is 0.0777 e. The molecule has 48 heavy (non-hydrogen) atoms. The molecule has 8 nitrogen and oxygen atoms in total. The van der Waals surface area contributed by atoms with E-state index in [9.17, 15) is 0 Å². The van der Waals surface area contributed by atoms with Gasteiger partial charge in [0, 0.05) is 57.3 Å². The Morgan fingerprint density at radius 2 is 1.02 bits per heavy atom. The molecule has 0 unspecified atom stereocenters. The fraction of sp³-hybridized carbons (Fsp3) is 0.256. The topological polar surface area (TPSA) is 123 Å². The first-order valence-corrected chi connectivity index (χ1v) is 17.3. The number of hydrogen-bond donors (Lipinski definition) is 2. The molecular weight excluding hydrogens is 624 g/mol. The molecule has 0 saturated carbocycles. The molecule has 1 aliphatic rings. The molecule has 0 aromatic heterocycles. The Morgan fingerprint density at radius 3 is 1.40 bits per heavy atom. The molecule has 0 aliphatic heterocycles. The summed E-state index contributed by atoms with van der Waals surface area (Å²) in [5, 5.41) is 8.00. The first-order valence-electron chi connectivity index (χ1n) is 16.1. The lowest BCUT2D eigenvalue weighted by Crippen LogP contribution is -2.58. The molecule has 0 spiro atoms. The largest absolute Gasteiger partial charge is 0.378 e. The molecule has 3 aromatic rings. The van der Waals surface area contributed by atoms with Gasteiger partial charge in [-0.1, -0.05) is 66.8 Å². The average Bonchev–Trinajstić information content (AvgIpc) is 3.07. The van der Waals surface area contributed by atoms with Crippen LogP contribution in [0.15, 0.2) is 121 Å². The van der Waals surface area contributed by atoms with E-state index in [0.717, 1.165) is 42.9 Å². The number of hydrogen-bond acceptors (Lipinski definition) is 8. The number of benzene rings is 3. The predicted octanol–water partition coefficient (Wildman–Crippen LogP) is 4.91. The van der Waals surface area contributed by atoms with Crippen LogP contribution in [-0.4, -0.2) is 50.6 Å². The van der Waals surface area contributed by atoms with Gasteiger partial charge in [0.25, 0.3) is 0 Å². The second kappa shape index (κ2) is 18.2. The fourth-order valence-electron chi connectivity index (χ4n) is 5.43. The van der Waals surface area contributed by atoms with Crippen molar-refractivity contribution in [3.8, 4) is 0 Å². The van der Waals surface area contributed by atoms with Gasteiger partial charge in [0.15, 0.2) is 0 Å². The summed E-state index contributed by atoms with van der Waals surface area (Å²) in [5.41, 5.74) is 11.1. The Bertz CT molecular complexity index is 1600. The van der Waals surface area contributed by atoms with Crippen molar-refractivity contribution in [1.29, 1.82) is 5.41 Å². The highest BCUT2D eigenvalue weighted by Crippen LogP contribution is 2.30. The standard InChI is InChI=1S/C39H46N4.ClHO4/c1-7-42(8-2)36-26-18-32(19-27-36)38(30-14-22-34(40)23-15-30)12-11-13-39(31-16-24-35(25-17-31)41(5)6)33-20-28-37(29-21-33)43(9-3)10-4;2-1(3,4)5/h11-29,40H,7-10H2,1-6H3;(H,2,3,4,5). The maximum absolute atomic E-state index is 8.60. The summed E-state index contributed by atoms with van der Waals surface area (Å²) in [6.45, 7) is 12.7. The van der Waals surface area contributed by atoms with Crippen LogP contribution in [0.3, 0.4) is 0 Å². The Hall–Kier alpha value is -4.44. The maximum atomic E-state index is 8.60. The van der Waals surface area contributed by atoms with Gasteiger partial charge in [-0.05, 0) is 110 Å². The van der Waals surface area contributed by atoms with Gasteiger partial charge in [0.2, 0.25) is 0 Å². The van der Waals surface area contributed by atoms with Crippen molar-refractivity contribution in [1.82, 2.24) is 0 Å². The van der Waals surface area contributed by atoms with Crippen LogP contribution < -0.4 is 28.7 Å². The summed E-state index contributed by atoms with van der Waals surface area (Å²) in [6.07, 6.45) is 14.4. The van der Waals surface area contributed by atoms with Crippen molar-refractivity contribution in [2.24, 2.45) is 0 Å². The van der Waals surface area contributed by atoms with E-state index in [-0.39, 0.29) is 0 Å². The lowest BCUT2D eigenvalue weighted by Gasteiger charge is -2.21. The zero-order valence-corrected chi connectivity index (χ0v) is 29.4. The van der Waals surface area contributed by atoms with Crippen LogP contribution >= 0.6 is 0 Å². The number of nitrogens with one attached hydrogen (secondary N) is 1. The molecule has 9 heteroatoms. The van der Waals surface area contributed by atoms with Crippen molar-refractivity contribution in [2.45, 2.75) is 27.7 Å². The van der Waals surface area contributed by atoms with Crippen molar-refractivity contribution in [2.75, 3.05) is 55.0 Å². The van der Waals surface area contributed by atoms with Crippen LogP contribution in [-0.2, 0) is 0 Å². The van der Waals surface area contributed by atoms with E-state index in [1.807, 2.05) is 24.3 Å². The van der Waals surface area contributed by atoms with E-state index in [1.54, 1.807) is 0 Å². The number of allylic oxidation sites excluding steroid dienone is 9. The molecule has 0 heterocycles. The molecular formula is C39H47ClN4O4. The van der Waals surface area contributed by atoms with E-state index >= 15 is 0 Å². The molecule has 1 aliphatic carbocycles. The van der Waals surface area contributed by atoms with Gasteiger partial charge in [0.1, 0.15) is 0 Å². The Balaban J connectivity index is 0.00000116. The summed E-state index contributed by atoms with van der Waals surface area (Å²) >= 11 is 0. The highest BCUT2D eigenvalue weighted by atomic mass is 35.7. The zero-order chi connectivity index (χ0) is 35.3. The third kappa shape index (κ3) is 11.4. The minimum absolute atomic E-state index is 0.514. The molecule has 0 fully saturated rings. The summed E-state index contributed by atoms with van der Waals surface area (Å²) in [6, 6.07) is 26.5. The van der Waals surface area contributed by atoms with Crippen molar-refractivity contribution in [3.05, 3.63) is 138 Å². The highest BCUT2D eigenvalue weighted by molar-refractivity contribution is 6.04. The van der Waals surface area contributed by atoms with E-state index in [1.165, 1.54) is 33.8 Å². The molecule has 0 radical (unpaired) electrons. The van der Waals surface area contributed by atoms with Gasteiger partial charge in [-0.2, -0.15) is 14.0 Å². The van der Waals surface area contributed by atoms with Crippen molar-refractivity contribution < 1.29 is 28.9 Å². The Morgan fingerprint density at radius 1 is 0.646 bits per heavy atom. The van der Waals surface area contributed by atoms with Crippen LogP contribution in [0.25, 0.3) is 11.1 Å². The van der Waals surface area contributed by atoms with Crippen LogP contribution in [0.5, 0.6) is 0 Å². The lowest BCUT2D eigenvalue weighted by molar-refractivity contribution is -1.92. The lowest BCUT2D eigenvalue weighted by atomic mass is 9.94. The molecule has 0 bridgehead atoms. The summed E-state index contributed by atoms with van der Waals surface area (Å²) < 4.78 is 32.7. The molecule has 0 atom stereocenters. The van der Waals surface area contributed by atoms with E-state index in [4.69, 9.17) is 24.0 Å². The third-order valence-electron chi connectivity index (χ3n) is 8.03. The zero-order valence-electron chi connectivity index (χ0n) is 28.7. The smallest absolute Gasteiger partial charge is 0.0777 e. The fourth-order valence-corrected chi connectivity index (χ4v) is 5.43. The van der Waals surface area contributed by atoms with Crippen LogP contribution in [0.1, 0.15) is 44.4 Å². The normalized spacial score (nSPS) is 13.0. The summed E-state index contributed by atoms with van der Waals surface area (Å²) in [5.74, 6) is 0. The molecule has 3 aromatic carbocycles. The molecule has 254 valence electrons. The third-order valence-corrected chi connectivity index (χ3v) is 8.03. The van der Waals surface area contributed by atoms with Gasteiger partial charge in [-0.3, -0.25) is 0 Å². The summed E-state index contributed by atoms with van der Waals surface area (Å²) in [7, 11) is -0.556. The quantitative estimate of drug-likeness (QED) is 0.263. The van der Waals surface area contributed by atoms with Gasteiger partial charge in [-0.15, -0.1) is 0 Å². The number of nitrogens with zero attached hydrogens (tertiary/aromatic N) is 3. The van der Waals surface area contributed by atoms with E-state index < -0.39 is 10.2 Å². The number of rotatable bonds is 12. The van der Waals surface area contributed by atoms with Crippen molar-refractivity contribution >= 4 is 33.9 Å². The van der Waals surface area contributed by atoms with Gasteiger partial charge >= 0.3 is 0 Å². The highest BCUT2D eigenvalue weighted by Gasteiger charge is 2.10. The summed E-state index contributed by atoms with van der Waals surface area (Å²) in [4.78, 5) is 6.85. The van der Waals surface area contributed by atoms with Crippen LogP contribution in [0.4, 0.5) is 17.1 Å². The molecule has 2 N–H and O–H groups in total. The minimum atomic E-state index is -4.69. The number of anilines is 3. The Labute approximate surface area is 287 Å². The van der Waals surface area contributed by atoms with Crippen molar-refractivity contribution in [3.63, 3.8) is 0 Å². The van der Waals surface area contributed by atoms with Gasteiger partial charge in [-0.25, -0.2) is 0 Å². The monoisotopic (exact) mass is 670 g/mol. The van der Waals surface area contributed by atoms with Crippen LogP contribution in [0, 0.1) is 15.7 Å². The van der Waals surface area contributed by atoms with Gasteiger partial charge < -0.3 is 20.1 Å². The SMILES string of the molecule is CCN(CC)c1ccc(C(=CC=CC(=C2C=CC(=N)C=C2)c2ccc(N(CC)CC)cc2)c2ccc(N(C)C)cc2)cc1.[O-][Cl+3]([O-])([O-])O. The molecule has 4 rings (SSSR count). The second-order valence-electron chi connectivity index (χ2n) is 11.2. The first kappa shape index (κ1) is 38.0. The minimum Gasteiger partial charge on any atom is -0.378 e. The Kier molecular flexibility index (Phi) is 14.4. The average molecular weight is 671 g/mol. The van der Waals surface area contributed by atoms with E-state index in [2.05, 4.69) is 148 Å². The predicted molar refractivity (Wildman–Crippen MR) is 192 cm³/mol. The van der Waals surface area contributed by atoms with Crippen LogP contribution in [0.2, 0.25) is 0 Å². The second-order valence-corrected chi connectivity index (χ2v) is 12.0. The molecule has 0 saturated heterocycles.